The number of aryl methyl sites for hydroxylation is 1. The van der Waals surface area contributed by atoms with Crippen molar-refractivity contribution in [1.82, 2.24) is 15.5 Å². The second kappa shape index (κ2) is 35.9. The third-order valence-corrected chi connectivity index (χ3v) is 12.0. The average molecular weight is 827 g/mol. The lowest BCUT2D eigenvalue weighted by Gasteiger charge is -2.23. The van der Waals surface area contributed by atoms with Gasteiger partial charge >= 0.3 is 0 Å². The van der Waals surface area contributed by atoms with Gasteiger partial charge in [0.25, 0.3) is 0 Å². The number of hydrogen-bond acceptors (Lipinski definition) is 7. The van der Waals surface area contributed by atoms with Gasteiger partial charge < -0.3 is 21.1 Å². The van der Waals surface area contributed by atoms with E-state index in [0.717, 1.165) is 141 Å². The van der Waals surface area contributed by atoms with Gasteiger partial charge in [-0.2, -0.15) is 0 Å². The molecule has 1 aromatic rings. The van der Waals surface area contributed by atoms with Crippen LogP contribution >= 0.6 is 0 Å². The highest BCUT2D eigenvalue weighted by Gasteiger charge is 2.16. The van der Waals surface area contributed by atoms with Gasteiger partial charge in [0, 0.05) is 56.1 Å². The van der Waals surface area contributed by atoms with Crippen molar-refractivity contribution in [3.8, 4) is 5.75 Å². The molecule has 340 valence electrons. The summed E-state index contributed by atoms with van der Waals surface area (Å²) in [5.41, 5.74) is 6.94. The van der Waals surface area contributed by atoms with Gasteiger partial charge in [0.05, 0.1) is 0 Å². The Hall–Kier alpha value is -2.78. The lowest BCUT2D eigenvalue weighted by atomic mass is 9.94. The molecule has 1 aromatic carbocycles. The van der Waals surface area contributed by atoms with Crippen molar-refractivity contribution in [3.63, 3.8) is 0 Å². The largest absolute Gasteiger partial charge is 0.492 e. The number of ether oxygens (including phenoxy) is 1. The van der Waals surface area contributed by atoms with Crippen LogP contribution in [0.3, 0.4) is 0 Å². The molecule has 0 aliphatic heterocycles. The molecule has 0 fully saturated rings. The monoisotopic (exact) mass is 827 g/mol. The highest BCUT2D eigenvalue weighted by atomic mass is 16.5. The fraction of sp³-hybridized carbons (Fsp3) is 0.800. The zero-order chi connectivity index (χ0) is 43.5. The Morgan fingerprint density at radius 2 is 1.02 bits per heavy atom. The maximum Gasteiger partial charge on any atom is 0.222 e. The third kappa shape index (κ3) is 28.4. The molecular weight excluding hydrogens is 737 g/mol. The number of unbranched alkanes of at least 4 members (excludes halogenated alkanes) is 9. The zero-order valence-electron chi connectivity index (χ0n) is 38.9. The van der Waals surface area contributed by atoms with E-state index in [2.05, 4.69) is 55.4 Å². The minimum Gasteiger partial charge on any atom is -0.492 e. The first-order valence-corrected chi connectivity index (χ1v) is 24.3. The predicted molar refractivity (Wildman–Crippen MR) is 247 cm³/mol. The molecule has 0 aliphatic carbocycles. The summed E-state index contributed by atoms with van der Waals surface area (Å²) < 4.78 is 6.13. The Kier molecular flexibility index (Phi) is 33.0. The maximum atomic E-state index is 12.9. The van der Waals surface area contributed by atoms with Crippen LogP contribution in [-0.2, 0) is 25.6 Å². The predicted octanol–water partition coefficient (Wildman–Crippen LogP) is 10.4. The summed E-state index contributed by atoms with van der Waals surface area (Å²) in [4.78, 5) is 53.0. The molecule has 4 N–H and O–H groups in total. The molecule has 9 heteroatoms. The summed E-state index contributed by atoms with van der Waals surface area (Å²) in [6.07, 6.45) is 22.6. The third-order valence-electron chi connectivity index (χ3n) is 12.0. The molecule has 0 bridgehead atoms. The SMILES string of the molecule is CCCCC[C@H](C)C(=O)CCCCC[C@H](C)C(=O)NCCCN(CCCNC(=O)[C@@H](C)CCCCCC(=O)[C@@H](C)CCCCC)CCOc1ccc(CCCCN)cc1. The molecule has 0 heterocycles. The van der Waals surface area contributed by atoms with E-state index < -0.39 is 0 Å². The molecule has 0 aliphatic rings. The number of carbonyl (C=O) groups excluding carboxylic acids is 4. The van der Waals surface area contributed by atoms with E-state index in [-0.39, 0.29) is 35.5 Å². The van der Waals surface area contributed by atoms with Crippen LogP contribution in [0.5, 0.6) is 5.75 Å². The minimum absolute atomic E-state index is 0.0423. The zero-order valence-corrected chi connectivity index (χ0v) is 38.9. The Bertz CT molecular complexity index is 1160. The Balaban J connectivity index is 2.46. The van der Waals surface area contributed by atoms with Crippen LogP contribution in [0.4, 0.5) is 0 Å². The molecule has 0 radical (unpaired) electrons. The number of rotatable bonds is 40. The highest BCUT2D eigenvalue weighted by Crippen LogP contribution is 2.18. The number of nitrogens with one attached hydrogen (secondary N) is 2. The van der Waals surface area contributed by atoms with Crippen molar-refractivity contribution in [1.29, 1.82) is 0 Å². The number of carbonyl (C=O) groups is 4. The van der Waals surface area contributed by atoms with Gasteiger partial charge in [0.1, 0.15) is 23.9 Å². The smallest absolute Gasteiger partial charge is 0.222 e. The van der Waals surface area contributed by atoms with Crippen molar-refractivity contribution in [2.45, 2.75) is 189 Å². The van der Waals surface area contributed by atoms with E-state index in [1.807, 2.05) is 26.0 Å². The normalized spacial score (nSPS) is 13.5. The van der Waals surface area contributed by atoms with Crippen molar-refractivity contribution in [3.05, 3.63) is 29.8 Å². The molecule has 2 amide bonds. The van der Waals surface area contributed by atoms with E-state index in [4.69, 9.17) is 10.5 Å². The lowest BCUT2D eigenvalue weighted by Crippen LogP contribution is -2.36. The molecule has 0 unspecified atom stereocenters. The number of amides is 2. The lowest BCUT2D eigenvalue weighted by molar-refractivity contribution is -0.125. The first-order valence-electron chi connectivity index (χ1n) is 24.3. The second-order valence-electron chi connectivity index (χ2n) is 17.6. The summed E-state index contributed by atoms with van der Waals surface area (Å²) in [6.45, 7) is 17.5. The minimum atomic E-state index is -0.0423. The number of benzene rings is 1. The molecular formula is C50H90N4O5. The number of Topliss-reactive ketones (excluding diaryl/α,β-unsaturated/α-hetero) is 2. The van der Waals surface area contributed by atoms with Crippen LogP contribution < -0.4 is 21.1 Å². The van der Waals surface area contributed by atoms with Crippen molar-refractivity contribution in [2.75, 3.05) is 45.9 Å². The van der Waals surface area contributed by atoms with E-state index >= 15 is 0 Å². The summed E-state index contributed by atoms with van der Waals surface area (Å²) in [7, 11) is 0. The van der Waals surface area contributed by atoms with Gasteiger partial charge in [-0.1, -0.05) is 118 Å². The van der Waals surface area contributed by atoms with Crippen LogP contribution in [0.2, 0.25) is 0 Å². The van der Waals surface area contributed by atoms with Crippen LogP contribution in [-0.4, -0.2) is 74.2 Å². The fourth-order valence-electron chi connectivity index (χ4n) is 7.56. The number of ketones is 2. The highest BCUT2D eigenvalue weighted by molar-refractivity contribution is 5.81. The average Bonchev–Trinajstić information content (AvgIpc) is 3.23. The van der Waals surface area contributed by atoms with Gasteiger partial charge in [-0.05, 0) is 108 Å². The summed E-state index contributed by atoms with van der Waals surface area (Å²) >= 11 is 0. The van der Waals surface area contributed by atoms with Crippen molar-refractivity contribution < 1.29 is 23.9 Å². The van der Waals surface area contributed by atoms with Gasteiger partial charge in [-0.3, -0.25) is 24.1 Å². The molecule has 0 aromatic heterocycles. The Morgan fingerprint density at radius 3 is 1.47 bits per heavy atom. The number of hydrogen-bond donors (Lipinski definition) is 3. The summed E-state index contributed by atoms with van der Waals surface area (Å²) in [6, 6.07) is 8.35. The van der Waals surface area contributed by atoms with Crippen molar-refractivity contribution >= 4 is 23.4 Å². The van der Waals surface area contributed by atoms with E-state index in [9.17, 15) is 19.2 Å². The Labute approximate surface area is 361 Å². The topological polar surface area (TPSA) is 131 Å². The quantitative estimate of drug-likeness (QED) is 0.0562. The van der Waals surface area contributed by atoms with Crippen LogP contribution in [0.15, 0.2) is 24.3 Å². The van der Waals surface area contributed by atoms with Crippen LogP contribution in [0.1, 0.15) is 188 Å². The first kappa shape index (κ1) is 54.2. The van der Waals surface area contributed by atoms with E-state index in [0.29, 0.717) is 44.1 Å². The molecule has 4 atom stereocenters. The molecule has 0 saturated heterocycles. The second-order valence-corrected chi connectivity index (χ2v) is 17.6. The van der Waals surface area contributed by atoms with Crippen molar-refractivity contribution in [2.24, 2.45) is 29.4 Å². The van der Waals surface area contributed by atoms with Crippen LogP contribution in [0, 0.1) is 23.7 Å². The summed E-state index contributed by atoms with van der Waals surface area (Å²) in [5.74, 6) is 2.10. The summed E-state index contributed by atoms with van der Waals surface area (Å²) in [5, 5.41) is 6.30. The van der Waals surface area contributed by atoms with Gasteiger partial charge in [-0.15, -0.1) is 0 Å². The molecule has 0 saturated carbocycles. The Morgan fingerprint density at radius 1 is 0.559 bits per heavy atom. The van der Waals surface area contributed by atoms with E-state index in [1.54, 1.807) is 0 Å². The van der Waals surface area contributed by atoms with E-state index in [1.165, 1.54) is 31.2 Å². The molecule has 59 heavy (non-hydrogen) atoms. The molecule has 0 spiro atoms. The van der Waals surface area contributed by atoms with Gasteiger partial charge in [-0.25, -0.2) is 0 Å². The fourth-order valence-corrected chi connectivity index (χ4v) is 7.56. The standard InChI is InChI=1S/C50H90N4O5/c1-7-9-13-23-41(3)47(55)28-17-11-15-25-43(5)49(57)52-35-21-37-54(39-40-59-46-32-30-45(31-33-46)27-19-20-34-51)38-22-36-53-50(58)44(6)26-16-12-18-29-48(56)42(4)24-14-10-8-2/h30-33,41-44H,7-29,34-40,51H2,1-6H3,(H,52,57)(H,53,58)/t41-,42-,43-,44-/m0/s1. The number of nitrogens with two attached hydrogens (primary N) is 1. The van der Waals surface area contributed by atoms with Crippen LogP contribution in [0.25, 0.3) is 0 Å². The van der Waals surface area contributed by atoms with Gasteiger partial charge in [0.2, 0.25) is 11.8 Å². The number of nitrogens with zero attached hydrogens (tertiary/aromatic N) is 1. The molecule has 1 rings (SSSR count). The van der Waals surface area contributed by atoms with Gasteiger partial charge in [0.15, 0.2) is 0 Å². The first-order chi connectivity index (χ1) is 28.5. The maximum absolute atomic E-state index is 12.9. The molecule has 9 nitrogen and oxygen atoms in total.